The molecule has 0 unspecified atom stereocenters. The summed E-state index contributed by atoms with van der Waals surface area (Å²) in [6.07, 6.45) is 3.35. The first-order chi connectivity index (χ1) is 13.4. The molecule has 0 N–H and O–H groups in total. The maximum atomic E-state index is 12.8. The molecule has 10 heteroatoms. The fraction of sp³-hybridized carbons (Fsp3) is 0.389. The second kappa shape index (κ2) is 8.89. The molecular weight excluding hydrogens is 398 g/mol. The zero-order chi connectivity index (χ0) is 20.1. The van der Waals surface area contributed by atoms with Gasteiger partial charge in [0.2, 0.25) is 15.9 Å². The van der Waals surface area contributed by atoms with Crippen molar-refractivity contribution in [2.45, 2.75) is 28.8 Å². The van der Waals surface area contributed by atoms with Gasteiger partial charge in [-0.15, -0.1) is 16.8 Å². The third kappa shape index (κ3) is 4.45. The Morgan fingerprint density at radius 3 is 2.57 bits per heavy atom. The van der Waals surface area contributed by atoms with Crippen molar-refractivity contribution in [3.63, 3.8) is 0 Å². The molecule has 8 nitrogen and oxygen atoms in total. The summed E-state index contributed by atoms with van der Waals surface area (Å²) in [4.78, 5) is 14.8. The van der Waals surface area contributed by atoms with Gasteiger partial charge in [-0.3, -0.25) is 4.79 Å². The quantitative estimate of drug-likeness (QED) is 0.497. The van der Waals surface area contributed by atoms with Crippen molar-refractivity contribution in [1.82, 2.24) is 24.0 Å². The van der Waals surface area contributed by atoms with Crippen LogP contribution in [-0.4, -0.2) is 69.7 Å². The zero-order valence-electron chi connectivity index (χ0n) is 15.6. The number of carbonyl (C=O) groups excluding carboxylic acids is 1. The Kier molecular flexibility index (Phi) is 6.53. The number of aromatic nitrogens is 3. The standard InChI is InChI=1S/C18H23N5O3S2/c1-3-9-22-14-19-20-18(22)27-15(2)17(24)21-10-12-23(13-11-21)28(25,26)16-7-5-4-6-8-16/h3-8,14-15H,1,9-13H2,2H3/t15-/m1/s1. The highest BCUT2D eigenvalue weighted by molar-refractivity contribution is 8.00. The van der Waals surface area contributed by atoms with Crippen LogP contribution in [0.5, 0.6) is 0 Å². The zero-order valence-corrected chi connectivity index (χ0v) is 17.3. The molecule has 2 heterocycles. The molecule has 1 aromatic carbocycles. The molecule has 1 atom stereocenters. The SMILES string of the molecule is C=CCn1cnnc1S[C@H](C)C(=O)N1CCN(S(=O)(=O)c2ccccc2)CC1. The van der Waals surface area contributed by atoms with Gasteiger partial charge in [0.1, 0.15) is 6.33 Å². The number of amides is 1. The highest BCUT2D eigenvalue weighted by atomic mass is 32.2. The first-order valence-electron chi connectivity index (χ1n) is 8.93. The molecule has 3 rings (SSSR count). The Labute approximate surface area is 169 Å². The van der Waals surface area contributed by atoms with E-state index in [2.05, 4.69) is 16.8 Å². The van der Waals surface area contributed by atoms with E-state index in [1.165, 1.54) is 16.1 Å². The van der Waals surface area contributed by atoms with Crippen LogP contribution in [0.1, 0.15) is 6.92 Å². The average molecular weight is 422 g/mol. The predicted octanol–water partition coefficient (Wildman–Crippen LogP) is 1.48. The van der Waals surface area contributed by atoms with Crippen LogP contribution in [-0.2, 0) is 21.4 Å². The summed E-state index contributed by atoms with van der Waals surface area (Å²) < 4.78 is 28.7. The summed E-state index contributed by atoms with van der Waals surface area (Å²) in [7, 11) is -3.53. The number of hydrogen-bond acceptors (Lipinski definition) is 6. The van der Waals surface area contributed by atoms with Gasteiger partial charge >= 0.3 is 0 Å². The van der Waals surface area contributed by atoms with Crippen molar-refractivity contribution in [3.05, 3.63) is 49.3 Å². The molecule has 1 fully saturated rings. The Hall–Kier alpha value is -2.17. The number of sulfonamides is 1. The van der Waals surface area contributed by atoms with Crippen LogP contribution in [0.2, 0.25) is 0 Å². The number of benzene rings is 1. The van der Waals surface area contributed by atoms with Crippen molar-refractivity contribution in [2.24, 2.45) is 0 Å². The first kappa shape index (κ1) is 20.6. The second-order valence-electron chi connectivity index (χ2n) is 6.36. The summed E-state index contributed by atoms with van der Waals surface area (Å²) in [6.45, 7) is 7.41. The van der Waals surface area contributed by atoms with Gasteiger partial charge in [-0.05, 0) is 19.1 Å². The van der Waals surface area contributed by atoms with Crippen molar-refractivity contribution in [2.75, 3.05) is 26.2 Å². The summed E-state index contributed by atoms with van der Waals surface area (Å²) in [5.74, 6) is -0.0325. The van der Waals surface area contributed by atoms with E-state index in [1.54, 1.807) is 47.6 Å². The van der Waals surface area contributed by atoms with E-state index >= 15 is 0 Å². The van der Waals surface area contributed by atoms with Crippen LogP contribution < -0.4 is 0 Å². The van der Waals surface area contributed by atoms with Gasteiger partial charge in [-0.2, -0.15) is 4.31 Å². The molecule has 0 aliphatic carbocycles. The van der Waals surface area contributed by atoms with E-state index < -0.39 is 10.0 Å². The molecule has 1 aromatic heterocycles. The van der Waals surface area contributed by atoms with E-state index in [1.807, 2.05) is 11.5 Å². The Bertz CT molecular complexity index is 922. The topological polar surface area (TPSA) is 88.4 Å². The van der Waals surface area contributed by atoms with E-state index in [4.69, 9.17) is 0 Å². The third-order valence-corrected chi connectivity index (χ3v) is 7.46. The molecule has 0 saturated carbocycles. The molecule has 0 bridgehead atoms. The number of carbonyl (C=O) groups is 1. The lowest BCUT2D eigenvalue weighted by Crippen LogP contribution is -2.52. The van der Waals surface area contributed by atoms with Crippen LogP contribution >= 0.6 is 11.8 Å². The first-order valence-corrected chi connectivity index (χ1v) is 11.2. The normalized spacial score (nSPS) is 16.7. The maximum absolute atomic E-state index is 12.8. The van der Waals surface area contributed by atoms with Crippen LogP contribution in [0.4, 0.5) is 0 Å². The minimum Gasteiger partial charge on any atom is -0.339 e. The number of piperazine rings is 1. The van der Waals surface area contributed by atoms with Gasteiger partial charge < -0.3 is 9.47 Å². The minimum absolute atomic E-state index is 0.0325. The smallest absolute Gasteiger partial charge is 0.243 e. The van der Waals surface area contributed by atoms with E-state index in [9.17, 15) is 13.2 Å². The number of rotatable bonds is 7. The van der Waals surface area contributed by atoms with Crippen molar-refractivity contribution >= 4 is 27.7 Å². The van der Waals surface area contributed by atoms with Crippen LogP contribution in [0.3, 0.4) is 0 Å². The fourth-order valence-electron chi connectivity index (χ4n) is 2.96. The molecule has 28 heavy (non-hydrogen) atoms. The number of allylic oxidation sites excluding steroid dienone is 1. The molecular formula is C18H23N5O3S2. The average Bonchev–Trinajstić information content (AvgIpc) is 3.15. The largest absolute Gasteiger partial charge is 0.339 e. The van der Waals surface area contributed by atoms with Crippen LogP contribution in [0.25, 0.3) is 0 Å². The van der Waals surface area contributed by atoms with Gasteiger partial charge in [0, 0.05) is 32.7 Å². The number of hydrogen-bond donors (Lipinski definition) is 0. The van der Waals surface area contributed by atoms with E-state index in [-0.39, 0.29) is 29.1 Å². The number of nitrogens with zero attached hydrogens (tertiary/aromatic N) is 5. The Morgan fingerprint density at radius 2 is 1.93 bits per heavy atom. The highest BCUT2D eigenvalue weighted by Crippen LogP contribution is 2.24. The predicted molar refractivity (Wildman–Crippen MR) is 107 cm³/mol. The van der Waals surface area contributed by atoms with Crippen LogP contribution in [0.15, 0.2) is 59.4 Å². The molecule has 1 aliphatic rings. The van der Waals surface area contributed by atoms with Gasteiger partial charge in [0.05, 0.1) is 10.1 Å². The molecule has 1 aliphatic heterocycles. The van der Waals surface area contributed by atoms with Crippen molar-refractivity contribution in [1.29, 1.82) is 0 Å². The highest BCUT2D eigenvalue weighted by Gasteiger charge is 2.32. The van der Waals surface area contributed by atoms with Crippen molar-refractivity contribution in [3.8, 4) is 0 Å². The molecule has 2 aromatic rings. The second-order valence-corrected chi connectivity index (χ2v) is 9.60. The molecule has 1 amide bonds. The summed E-state index contributed by atoms with van der Waals surface area (Å²) in [5.41, 5.74) is 0. The van der Waals surface area contributed by atoms with Gasteiger partial charge in [0.15, 0.2) is 5.16 Å². The summed E-state index contributed by atoms with van der Waals surface area (Å²) >= 11 is 1.34. The lowest BCUT2D eigenvalue weighted by Gasteiger charge is -2.35. The van der Waals surface area contributed by atoms with E-state index in [0.717, 1.165) is 0 Å². The van der Waals surface area contributed by atoms with Gasteiger partial charge in [0.25, 0.3) is 0 Å². The lowest BCUT2D eigenvalue weighted by atomic mass is 10.3. The molecule has 0 spiro atoms. The number of thioether (sulfide) groups is 1. The minimum atomic E-state index is -3.53. The van der Waals surface area contributed by atoms with Crippen molar-refractivity contribution < 1.29 is 13.2 Å². The molecule has 0 radical (unpaired) electrons. The maximum Gasteiger partial charge on any atom is 0.243 e. The summed E-state index contributed by atoms with van der Waals surface area (Å²) in [5, 5.41) is 8.24. The lowest BCUT2D eigenvalue weighted by molar-refractivity contribution is -0.131. The van der Waals surface area contributed by atoms with Gasteiger partial charge in [-0.1, -0.05) is 36.0 Å². The monoisotopic (exact) mass is 421 g/mol. The Balaban J connectivity index is 1.59. The Morgan fingerprint density at radius 1 is 1.25 bits per heavy atom. The third-order valence-electron chi connectivity index (χ3n) is 4.47. The van der Waals surface area contributed by atoms with Crippen LogP contribution in [0, 0.1) is 0 Å². The molecule has 1 saturated heterocycles. The van der Waals surface area contributed by atoms with E-state index in [0.29, 0.717) is 24.8 Å². The fourth-order valence-corrected chi connectivity index (χ4v) is 5.32. The molecule has 150 valence electrons. The van der Waals surface area contributed by atoms with Gasteiger partial charge in [-0.25, -0.2) is 8.42 Å². The summed E-state index contributed by atoms with van der Waals surface area (Å²) in [6, 6.07) is 8.37.